The normalized spacial score (nSPS) is 10.9. The average molecular weight is 415 g/mol. The van der Waals surface area contributed by atoms with Gasteiger partial charge in [0.05, 0.1) is 19.6 Å². The minimum Gasteiger partial charge on any atom is -0.384 e. The molecular formula is C21H29N5O4. The standard InChI is InChI=1S/C21H29N5O4/c1-4-11-23-17(28)14-24(3)13-16(27)18-19(22)26(12-15-9-7-6-8-10-15)21(30)25(5-2)20(18)29/h6-10H,4-5,11-14,22H2,1-3H3,(H,23,28). The van der Waals surface area contributed by atoms with Crippen molar-refractivity contribution in [3.63, 3.8) is 0 Å². The van der Waals surface area contributed by atoms with Gasteiger partial charge in [-0.05, 0) is 26.0 Å². The Kier molecular flexibility index (Phi) is 8.11. The molecule has 0 saturated heterocycles. The third-order valence-corrected chi connectivity index (χ3v) is 4.65. The van der Waals surface area contributed by atoms with Crippen molar-refractivity contribution in [1.29, 1.82) is 0 Å². The van der Waals surface area contributed by atoms with Gasteiger partial charge in [0.2, 0.25) is 5.91 Å². The van der Waals surface area contributed by atoms with Crippen LogP contribution in [0.25, 0.3) is 0 Å². The van der Waals surface area contributed by atoms with Crippen LogP contribution in [0.4, 0.5) is 5.82 Å². The monoisotopic (exact) mass is 415 g/mol. The highest BCUT2D eigenvalue weighted by molar-refractivity contribution is 6.01. The molecule has 1 aromatic carbocycles. The highest BCUT2D eigenvalue weighted by Gasteiger charge is 2.23. The van der Waals surface area contributed by atoms with E-state index in [0.717, 1.165) is 16.6 Å². The maximum Gasteiger partial charge on any atom is 0.332 e. The fraction of sp³-hybridized carbons (Fsp3) is 0.429. The minimum atomic E-state index is -0.710. The number of carbonyl (C=O) groups is 2. The first-order valence-corrected chi connectivity index (χ1v) is 9.95. The number of hydrogen-bond acceptors (Lipinski definition) is 6. The van der Waals surface area contributed by atoms with Crippen molar-refractivity contribution in [1.82, 2.24) is 19.4 Å². The van der Waals surface area contributed by atoms with E-state index >= 15 is 0 Å². The van der Waals surface area contributed by atoms with Crippen molar-refractivity contribution in [2.75, 3.05) is 32.4 Å². The summed E-state index contributed by atoms with van der Waals surface area (Å²) < 4.78 is 2.24. The number of hydrogen-bond donors (Lipinski definition) is 2. The number of anilines is 1. The van der Waals surface area contributed by atoms with Crippen molar-refractivity contribution in [2.24, 2.45) is 0 Å². The van der Waals surface area contributed by atoms with Crippen molar-refractivity contribution >= 4 is 17.5 Å². The van der Waals surface area contributed by atoms with Crippen LogP contribution >= 0.6 is 0 Å². The molecule has 162 valence electrons. The second-order valence-corrected chi connectivity index (χ2v) is 7.11. The fourth-order valence-corrected chi connectivity index (χ4v) is 3.12. The van der Waals surface area contributed by atoms with Gasteiger partial charge in [0.25, 0.3) is 5.56 Å². The van der Waals surface area contributed by atoms with Crippen LogP contribution in [-0.2, 0) is 17.9 Å². The number of nitrogens with two attached hydrogens (primary N) is 1. The number of nitrogen functional groups attached to an aromatic ring is 1. The number of Topliss-reactive ketones (excluding diaryl/α,β-unsaturated/α-hetero) is 1. The van der Waals surface area contributed by atoms with Crippen LogP contribution in [0.1, 0.15) is 36.2 Å². The second-order valence-electron chi connectivity index (χ2n) is 7.11. The van der Waals surface area contributed by atoms with Gasteiger partial charge in [-0.25, -0.2) is 4.79 Å². The Hall–Kier alpha value is -3.20. The highest BCUT2D eigenvalue weighted by atomic mass is 16.2. The Labute approximate surface area is 175 Å². The van der Waals surface area contributed by atoms with Crippen molar-refractivity contribution in [2.45, 2.75) is 33.4 Å². The van der Waals surface area contributed by atoms with Crippen LogP contribution in [0.2, 0.25) is 0 Å². The molecule has 0 aliphatic carbocycles. The Morgan fingerprint density at radius 1 is 1.07 bits per heavy atom. The molecule has 0 unspecified atom stereocenters. The van der Waals surface area contributed by atoms with E-state index < -0.39 is 17.0 Å². The number of ketones is 1. The van der Waals surface area contributed by atoms with Gasteiger partial charge in [-0.2, -0.15) is 0 Å². The lowest BCUT2D eigenvalue weighted by molar-refractivity contribution is -0.121. The summed E-state index contributed by atoms with van der Waals surface area (Å²) in [5.74, 6) is -0.903. The second kappa shape index (κ2) is 10.5. The maximum atomic E-state index is 12.9. The number of benzene rings is 1. The molecule has 0 spiro atoms. The van der Waals surface area contributed by atoms with Crippen LogP contribution in [-0.4, -0.2) is 52.4 Å². The average Bonchev–Trinajstić information content (AvgIpc) is 2.70. The van der Waals surface area contributed by atoms with E-state index in [0.29, 0.717) is 6.54 Å². The van der Waals surface area contributed by atoms with Gasteiger partial charge in [-0.15, -0.1) is 0 Å². The zero-order chi connectivity index (χ0) is 22.3. The molecule has 9 heteroatoms. The van der Waals surface area contributed by atoms with E-state index in [1.807, 2.05) is 37.3 Å². The van der Waals surface area contributed by atoms with Gasteiger partial charge < -0.3 is 11.1 Å². The summed E-state index contributed by atoms with van der Waals surface area (Å²) in [7, 11) is 1.61. The van der Waals surface area contributed by atoms with Crippen LogP contribution in [0.15, 0.2) is 39.9 Å². The number of nitrogens with one attached hydrogen (secondary N) is 1. The molecule has 0 radical (unpaired) electrons. The number of rotatable bonds is 10. The molecule has 0 atom stereocenters. The Balaban J connectivity index is 2.35. The zero-order valence-electron chi connectivity index (χ0n) is 17.7. The molecule has 30 heavy (non-hydrogen) atoms. The quantitative estimate of drug-likeness (QED) is 0.539. The first-order valence-electron chi connectivity index (χ1n) is 9.95. The fourth-order valence-electron chi connectivity index (χ4n) is 3.12. The Bertz CT molecular complexity index is 1010. The van der Waals surface area contributed by atoms with Crippen molar-refractivity contribution in [3.05, 3.63) is 62.3 Å². The molecule has 9 nitrogen and oxygen atoms in total. The summed E-state index contributed by atoms with van der Waals surface area (Å²) >= 11 is 0. The summed E-state index contributed by atoms with van der Waals surface area (Å²) in [5, 5.41) is 2.73. The first kappa shape index (κ1) is 23.1. The molecule has 0 fully saturated rings. The van der Waals surface area contributed by atoms with Gasteiger partial charge >= 0.3 is 5.69 Å². The summed E-state index contributed by atoms with van der Waals surface area (Å²) in [5.41, 5.74) is 5.45. The molecule has 0 aliphatic heterocycles. The van der Waals surface area contributed by atoms with Crippen LogP contribution in [0.3, 0.4) is 0 Å². The highest BCUT2D eigenvalue weighted by Crippen LogP contribution is 2.10. The molecule has 2 rings (SSSR count). The van der Waals surface area contributed by atoms with Gasteiger partial charge in [0, 0.05) is 13.1 Å². The molecule has 1 heterocycles. The number of carbonyl (C=O) groups excluding carboxylic acids is 2. The zero-order valence-corrected chi connectivity index (χ0v) is 17.7. The third-order valence-electron chi connectivity index (χ3n) is 4.65. The van der Waals surface area contributed by atoms with Gasteiger partial charge in [-0.3, -0.25) is 28.4 Å². The van der Waals surface area contributed by atoms with Crippen molar-refractivity contribution < 1.29 is 9.59 Å². The van der Waals surface area contributed by atoms with Crippen LogP contribution < -0.4 is 22.3 Å². The largest absolute Gasteiger partial charge is 0.384 e. The summed E-state index contributed by atoms with van der Waals surface area (Å²) in [6, 6.07) is 9.17. The van der Waals surface area contributed by atoms with E-state index in [4.69, 9.17) is 5.73 Å². The van der Waals surface area contributed by atoms with Gasteiger partial charge in [-0.1, -0.05) is 37.3 Å². The number of aromatic nitrogens is 2. The Morgan fingerprint density at radius 2 is 1.73 bits per heavy atom. The number of amides is 1. The van der Waals surface area contributed by atoms with Crippen molar-refractivity contribution in [3.8, 4) is 0 Å². The van der Waals surface area contributed by atoms with Crippen LogP contribution in [0, 0.1) is 0 Å². The molecule has 0 aliphatic rings. The maximum absolute atomic E-state index is 12.9. The van der Waals surface area contributed by atoms with Crippen LogP contribution in [0.5, 0.6) is 0 Å². The lowest BCUT2D eigenvalue weighted by Gasteiger charge is -2.18. The topological polar surface area (TPSA) is 119 Å². The smallest absolute Gasteiger partial charge is 0.332 e. The predicted octanol–water partition coefficient (Wildman–Crippen LogP) is 0.301. The number of likely N-dealkylation sites (N-methyl/N-ethyl adjacent to an activating group) is 1. The van der Waals surface area contributed by atoms with E-state index in [1.165, 1.54) is 9.47 Å². The molecule has 1 amide bonds. The summed E-state index contributed by atoms with van der Waals surface area (Å²) in [4.78, 5) is 51.8. The third kappa shape index (κ3) is 5.44. The molecule has 0 saturated carbocycles. The first-order chi connectivity index (χ1) is 14.3. The predicted molar refractivity (Wildman–Crippen MR) is 116 cm³/mol. The van der Waals surface area contributed by atoms with E-state index in [2.05, 4.69) is 5.32 Å². The van der Waals surface area contributed by atoms with Gasteiger partial charge in [0.1, 0.15) is 11.4 Å². The van der Waals surface area contributed by atoms with E-state index in [9.17, 15) is 19.2 Å². The summed E-state index contributed by atoms with van der Waals surface area (Å²) in [6.07, 6.45) is 0.810. The molecule has 3 N–H and O–H groups in total. The molecular weight excluding hydrogens is 386 g/mol. The molecule has 2 aromatic rings. The summed E-state index contributed by atoms with van der Waals surface area (Å²) in [6.45, 7) is 4.25. The number of nitrogens with zero attached hydrogens (tertiary/aromatic N) is 3. The molecule has 1 aromatic heterocycles. The minimum absolute atomic E-state index is 0.0112. The SMILES string of the molecule is CCCNC(=O)CN(C)CC(=O)c1c(N)n(Cc2ccccc2)c(=O)n(CC)c1=O. The lowest BCUT2D eigenvalue weighted by atomic mass is 10.1. The lowest BCUT2D eigenvalue weighted by Crippen LogP contribution is -2.45. The Morgan fingerprint density at radius 3 is 2.33 bits per heavy atom. The van der Waals surface area contributed by atoms with E-state index in [1.54, 1.807) is 14.0 Å². The van der Waals surface area contributed by atoms with E-state index in [-0.39, 0.29) is 43.5 Å². The molecule has 0 bridgehead atoms. The van der Waals surface area contributed by atoms with Gasteiger partial charge in [0.15, 0.2) is 5.78 Å².